The third-order valence-electron chi connectivity index (χ3n) is 4.49. The van der Waals surface area contributed by atoms with Crippen LogP contribution in [0.25, 0.3) is 10.9 Å². The van der Waals surface area contributed by atoms with Crippen LogP contribution in [-0.4, -0.2) is 48.9 Å². The van der Waals surface area contributed by atoms with Gasteiger partial charge in [0.1, 0.15) is 12.2 Å². The summed E-state index contributed by atoms with van der Waals surface area (Å²) in [6.07, 6.45) is 3.70. The molecule has 23 heavy (non-hydrogen) atoms. The van der Waals surface area contributed by atoms with Crippen molar-refractivity contribution in [1.29, 1.82) is 0 Å². The molecular formula is C16H18N6O. The monoisotopic (exact) mass is 310 g/mol. The summed E-state index contributed by atoms with van der Waals surface area (Å²) >= 11 is 0. The van der Waals surface area contributed by atoms with E-state index in [4.69, 9.17) is 0 Å². The van der Waals surface area contributed by atoms with E-state index in [-0.39, 0.29) is 11.8 Å². The number of nitrogens with zero attached hydrogens (tertiary/aromatic N) is 5. The molecule has 4 rings (SSSR count). The largest absolute Gasteiger partial charge is 0.337 e. The van der Waals surface area contributed by atoms with E-state index in [1.165, 1.54) is 0 Å². The van der Waals surface area contributed by atoms with Gasteiger partial charge in [-0.3, -0.25) is 9.89 Å². The van der Waals surface area contributed by atoms with Gasteiger partial charge in [0.05, 0.1) is 5.52 Å². The van der Waals surface area contributed by atoms with E-state index in [1.807, 2.05) is 40.8 Å². The molecule has 1 amide bonds. The van der Waals surface area contributed by atoms with E-state index in [9.17, 15) is 4.79 Å². The zero-order valence-corrected chi connectivity index (χ0v) is 12.9. The number of benzene rings is 1. The summed E-state index contributed by atoms with van der Waals surface area (Å²) in [5.74, 6) is 1.15. The number of carbonyl (C=O) groups is 1. The highest BCUT2D eigenvalue weighted by Gasteiger charge is 2.29. The van der Waals surface area contributed by atoms with Crippen molar-refractivity contribution in [3.63, 3.8) is 0 Å². The first-order valence-electron chi connectivity index (χ1n) is 7.80. The van der Waals surface area contributed by atoms with Crippen LogP contribution in [0, 0.1) is 0 Å². The molecule has 1 fully saturated rings. The molecular weight excluding hydrogens is 292 g/mol. The number of likely N-dealkylation sites (tertiary alicyclic amines) is 1. The molecule has 0 saturated carbocycles. The molecule has 7 heteroatoms. The SMILES string of the molecule is Cn1cnnc1[C@H]1CCCN(C(=O)c2n[nH]c3ccccc23)C1. The Labute approximate surface area is 133 Å². The molecule has 1 aliphatic heterocycles. The predicted molar refractivity (Wildman–Crippen MR) is 85.0 cm³/mol. The van der Waals surface area contributed by atoms with E-state index >= 15 is 0 Å². The number of aryl methyl sites for hydroxylation is 1. The molecule has 2 aromatic heterocycles. The van der Waals surface area contributed by atoms with Crippen molar-refractivity contribution in [3.05, 3.63) is 42.1 Å². The van der Waals surface area contributed by atoms with Crippen LogP contribution < -0.4 is 0 Å². The Morgan fingerprint density at radius 3 is 3.04 bits per heavy atom. The highest BCUT2D eigenvalue weighted by molar-refractivity contribution is 6.04. The van der Waals surface area contributed by atoms with Crippen molar-refractivity contribution in [2.24, 2.45) is 7.05 Å². The van der Waals surface area contributed by atoms with Gasteiger partial charge in [-0.25, -0.2) is 0 Å². The Balaban J connectivity index is 1.60. The summed E-state index contributed by atoms with van der Waals surface area (Å²) in [6.45, 7) is 1.42. The Hall–Kier alpha value is -2.70. The summed E-state index contributed by atoms with van der Waals surface area (Å²) in [4.78, 5) is 14.8. The van der Waals surface area contributed by atoms with Crippen molar-refractivity contribution < 1.29 is 4.79 Å². The van der Waals surface area contributed by atoms with E-state index in [0.29, 0.717) is 12.2 Å². The number of hydrogen-bond acceptors (Lipinski definition) is 4. The highest BCUT2D eigenvalue weighted by atomic mass is 16.2. The number of nitrogens with one attached hydrogen (secondary N) is 1. The van der Waals surface area contributed by atoms with Crippen molar-refractivity contribution in [2.45, 2.75) is 18.8 Å². The van der Waals surface area contributed by atoms with Crippen molar-refractivity contribution >= 4 is 16.8 Å². The summed E-state index contributed by atoms with van der Waals surface area (Å²) in [5, 5.41) is 16.2. The van der Waals surface area contributed by atoms with Crippen LogP contribution in [0.5, 0.6) is 0 Å². The van der Waals surface area contributed by atoms with Crippen LogP contribution in [0.3, 0.4) is 0 Å². The number of amides is 1. The maximum Gasteiger partial charge on any atom is 0.275 e. The fourth-order valence-corrected chi connectivity index (χ4v) is 3.31. The molecule has 1 aromatic carbocycles. The van der Waals surface area contributed by atoms with Gasteiger partial charge in [-0.1, -0.05) is 18.2 Å². The number of aromatic nitrogens is 5. The van der Waals surface area contributed by atoms with Gasteiger partial charge < -0.3 is 9.47 Å². The Kier molecular flexibility index (Phi) is 3.33. The lowest BCUT2D eigenvalue weighted by molar-refractivity contribution is 0.0699. The first kappa shape index (κ1) is 13.9. The van der Waals surface area contributed by atoms with Gasteiger partial charge >= 0.3 is 0 Å². The molecule has 0 spiro atoms. The van der Waals surface area contributed by atoms with Crippen molar-refractivity contribution in [1.82, 2.24) is 29.9 Å². The second kappa shape index (κ2) is 5.49. The van der Waals surface area contributed by atoms with E-state index in [1.54, 1.807) is 6.33 Å². The van der Waals surface area contributed by atoms with Gasteiger partial charge in [-0.2, -0.15) is 5.10 Å². The molecule has 0 aliphatic carbocycles. The van der Waals surface area contributed by atoms with Gasteiger partial charge in [0.15, 0.2) is 5.69 Å². The van der Waals surface area contributed by atoms with Crippen LogP contribution in [-0.2, 0) is 7.05 Å². The normalized spacial score (nSPS) is 18.5. The second-order valence-corrected chi connectivity index (χ2v) is 6.01. The number of rotatable bonds is 2. The van der Waals surface area contributed by atoms with Gasteiger partial charge in [0.2, 0.25) is 0 Å². The molecule has 0 unspecified atom stereocenters. The lowest BCUT2D eigenvalue weighted by Gasteiger charge is -2.31. The predicted octanol–water partition coefficient (Wildman–Crippen LogP) is 1.71. The zero-order valence-electron chi connectivity index (χ0n) is 12.9. The molecule has 1 N–H and O–H groups in total. The molecule has 0 radical (unpaired) electrons. The zero-order chi connectivity index (χ0) is 15.8. The topological polar surface area (TPSA) is 79.7 Å². The second-order valence-electron chi connectivity index (χ2n) is 6.01. The van der Waals surface area contributed by atoms with Crippen molar-refractivity contribution in [3.8, 4) is 0 Å². The average molecular weight is 310 g/mol. The third kappa shape index (κ3) is 2.38. The molecule has 3 heterocycles. The molecule has 118 valence electrons. The summed E-state index contributed by atoms with van der Waals surface area (Å²) in [6, 6.07) is 7.71. The first-order valence-corrected chi connectivity index (χ1v) is 7.80. The van der Waals surface area contributed by atoms with E-state index in [0.717, 1.165) is 36.1 Å². The first-order chi connectivity index (χ1) is 11.2. The lowest BCUT2D eigenvalue weighted by Crippen LogP contribution is -2.40. The minimum absolute atomic E-state index is 0.0191. The van der Waals surface area contributed by atoms with E-state index in [2.05, 4.69) is 20.4 Å². The number of carbonyl (C=O) groups excluding carboxylic acids is 1. The summed E-state index contributed by atoms with van der Waals surface area (Å²) in [5.41, 5.74) is 1.39. The van der Waals surface area contributed by atoms with Gasteiger partial charge in [0.25, 0.3) is 5.91 Å². The van der Waals surface area contributed by atoms with Crippen LogP contribution in [0.4, 0.5) is 0 Å². The number of piperidine rings is 1. The molecule has 1 saturated heterocycles. The maximum atomic E-state index is 12.9. The van der Waals surface area contributed by atoms with Gasteiger partial charge in [0, 0.05) is 31.4 Å². The average Bonchev–Trinajstić information content (AvgIpc) is 3.20. The number of hydrogen-bond donors (Lipinski definition) is 1. The standard InChI is InChI=1S/C16H18N6O/c1-21-10-17-20-15(21)11-5-4-8-22(9-11)16(23)14-12-6-2-3-7-13(12)18-19-14/h2-3,6-7,10-11H,4-5,8-9H2,1H3,(H,18,19)/t11-/m0/s1. The molecule has 0 bridgehead atoms. The lowest BCUT2D eigenvalue weighted by atomic mass is 9.96. The molecule has 1 atom stereocenters. The van der Waals surface area contributed by atoms with Crippen LogP contribution in [0.1, 0.15) is 35.1 Å². The van der Waals surface area contributed by atoms with E-state index < -0.39 is 0 Å². The quantitative estimate of drug-likeness (QED) is 0.781. The number of fused-ring (bicyclic) bond motifs is 1. The fraction of sp³-hybridized carbons (Fsp3) is 0.375. The Bertz CT molecular complexity index is 851. The smallest absolute Gasteiger partial charge is 0.275 e. The molecule has 3 aromatic rings. The van der Waals surface area contributed by atoms with Gasteiger partial charge in [-0.15, -0.1) is 10.2 Å². The number of H-pyrrole nitrogens is 1. The Morgan fingerprint density at radius 2 is 2.22 bits per heavy atom. The minimum Gasteiger partial charge on any atom is -0.337 e. The van der Waals surface area contributed by atoms with Crippen LogP contribution in [0.2, 0.25) is 0 Å². The Morgan fingerprint density at radius 1 is 1.35 bits per heavy atom. The molecule has 1 aliphatic rings. The fourth-order valence-electron chi connectivity index (χ4n) is 3.31. The van der Waals surface area contributed by atoms with Crippen LogP contribution in [0.15, 0.2) is 30.6 Å². The number of aromatic amines is 1. The van der Waals surface area contributed by atoms with Crippen LogP contribution >= 0.6 is 0 Å². The summed E-state index contributed by atoms with van der Waals surface area (Å²) < 4.78 is 1.93. The minimum atomic E-state index is -0.0191. The molecule has 7 nitrogen and oxygen atoms in total. The van der Waals surface area contributed by atoms with Gasteiger partial charge in [-0.05, 0) is 18.9 Å². The number of para-hydroxylation sites is 1. The third-order valence-corrected chi connectivity index (χ3v) is 4.49. The summed E-state index contributed by atoms with van der Waals surface area (Å²) in [7, 11) is 1.94. The highest BCUT2D eigenvalue weighted by Crippen LogP contribution is 2.27. The van der Waals surface area contributed by atoms with Crippen molar-refractivity contribution in [2.75, 3.05) is 13.1 Å². The maximum absolute atomic E-state index is 12.9.